The van der Waals surface area contributed by atoms with Gasteiger partial charge < -0.3 is 20.1 Å². The van der Waals surface area contributed by atoms with Crippen molar-refractivity contribution >= 4 is 28.9 Å². The van der Waals surface area contributed by atoms with Gasteiger partial charge in [-0.2, -0.15) is 0 Å². The van der Waals surface area contributed by atoms with Crippen LogP contribution >= 0.6 is 23.2 Å². The van der Waals surface area contributed by atoms with Crippen molar-refractivity contribution in [1.82, 2.24) is 4.90 Å². The number of unbranched alkanes of at least 4 members (excludes halogenated alkanes) is 2. The number of nitrogens with one attached hydrogen (secondary N) is 1. The fourth-order valence-electron chi connectivity index (χ4n) is 2.55. The molecule has 1 aliphatic rings. The van der Waals surface area contributed by atoms with E-state index in [1.54, 1.807) is 0 Å². The van der Waals surface area contributed by atoms with Crippen molar-refractivity contribution in [2.24, 2.45) is 0 Å². The van der Waals surface area contributed by atoms with E-state index < -0.39 is 0 Å². The van der Waals surface area contributed by atoms with E-state index >= 15 is 0 Å². The quantitative estimate of drug-likeness (QED) is 0.567. The summed E-state index contributed by atoms with van der Waals surface area (Å²) in [6.07, 6.45) is 9.53. The van der Waals surface area contributed by atoms with E-state index in [2.05, 4.69) is 23.2 Å². The van der Waals surface area contributed by atoms with Crippen molar-refractivity contribution in [3.8, 4) is 0 Å². The number of hydrogen-bond donors (Lipinski definition) is 2. The number of anilines is 1. The molecule has 0 radical (unpaired) electrons. The van der Waals surface area contributed by atoms with Crippen LogP contribution in [0.1, 0.15) is 31.7 Å². The first kappa shape index (κ1) is 20.0. The molecule has 1 aliphatic heterocycles. The molecule has 0 aromatic heterocycles. The summed E-state index contributed by atoms with van der Waals surface area (Å²) in [6, 6.07) is 3.66. The Kier molecular flexibility index (Phi) is 8.45. The van der Waals surface area contributed by atoms with Crippen molar-refractivity contribution in [3.05, 3.63) is 51.9 Å². The SMILES string of the molecule is CCCCCOC1=CCN(Cc2c(Cl)ccc(NCCO)c2Cl)C=C1. The Labute approximate surface area is 160 Å². The number of ether oxygens (including phenoxy) is 1. The molecule has 2 N–H and O–H groups in total. The van der Waals surface area contributed by atoms with Crippen LogP contribution < -0.4 is 5.32 Å². The minimum absolute atomic E-state index is 0.0506. The topological polar surface area (TPSA) is 44.7 Å². The molecule has 0 amide bonds. The Hall–Kier alpha value is -1.36. The maximum atomic E-state index is 8.95. The van der Waals surface area contributed by atoms with E-state index in [0.29, 0.717) is 23.1 Å². The Morgan fingerprint density at radius 2 is 2.12 bits per heavy atom. The average molecular weight is 385 g/mol. The summed E-state index contributed by atoms with van der Waals surface area (Å²) < 4.78 is 5.76. The zero-order chi connectivity index (χ0) is 18.1. The van der Waals surface area contributed by atoms with Crippen LogP contribution in [0.25, 0.3) is 0 Å². The third kappa shape index (κ3) is 6.14. The van der Waals surface area contributed by atoms with Crippen molar-refractivity contribution in [2.75, 3.05) is 31.6 Å². The zero-order valence-corrected chi connectivity index (χ0v) is 16.1. The largest absolute Gasteiger partial charge is 0.494 e. The van der Waals surface area contributed by atoms with Gasteiger partial charge in [-0.05, 0) is 30.7 Å². The summed E-state index contributed by atoms with van der Waals surface area (Å²) in [6.45, 7) is 4.81. The zero-order valence-electron chi connectivity index (χ0n) is 14.6. The molecule has 138 valence electrons. The maximum absolute atomic E-state index is 8.95. The number of hydrogen-bond acceptors (Lipinski definition) is 4. The number of rotatable bonds is 10. The van der Waals surface area contributed by atoms with Crippen molar-refractivity contribution < 1.29 is 9.84 Å². The average Bonchev–Trinajstić information content (AvgIpc) is 2.63. The van der Waals surface area contributed by atoms with E-state index in [0.717, 1.165) is 36.6 Å². The van der Waals surface area contributed by atoms with Gasteiger partial charge in [0.05, 0.1) is 23.9 Å². The molecule has 0 saturated heterocycles. The first-order valence-corrected chi connectivity index (χ1v) is 9.48. The lowest BCUT2D eigenvalue weighted by Gasteiger charge is -2.24. The highest BCUT2D eigenvalue weighted by Gasteiger charge is 2.14. The van der Waals surface area contributed by atoms with E-state index in [4.69, 9.17) is 33.0 Å². The van der Waals surface area contributed by atoms with Crippen LogP contribution in [0.3, 0.4) is 0 Å². The summed E-state index contributed by atoms with van der Waals surface area (Å²) in [5, 5.41) is 13.3. The summed E-state index contributed by atoms with van der Waals surface area (Å²) in [7, 11) is 0. The smallest absolute Gasteiger partial charge is 0.118 e. The van der Waals surface area contributed by atoms with Crippen molar-refractivity contribution in [2.45, 2.75) is 32.7 Å². The minimum Gasteiger partial charge on any atom is -0.494 e. The molecule has 1 heterocycles. The first-order valence-electron chi connectivity index (χ1n) is 8.72. The van der Waals surface area contributed by atoms with E-state index in [9.17, 15) is 0 Å². The summed E-state index contributed by atoms with van der Waals surface area (Å²) in [4.78, 5) is 2.13. The molecule has 0 atom stereocenters. The second-order valence-electron chi connectivity index (χ2n) is 5.95. The number of benzene rings is 1. The van der Waals surface area contributed by atoms with Crippen LogP contribution in [-0.4, -0.2) is 36.3 Å². The number of halogens is 2. The van der Waals surface area contributed by atoms with Gasteiger partial charge in [0, 0.05) is 36.4 Å². The Morgan fingerprint density at radius 1 is 1.28 bits per heavy atom. The minimum atomic E-state index is 0.0506. The Balaban J connectivity index is 1.93. The molecule has 0 aliphatic carbocycles. The molecule has 6 heteroatoms. The number of aliphatic hydroxyl groups excluding tert-OH is 1. The molecular weight excluding hydrogens is 359 g/mol. The Morgan fingerprint density at radius 3 is 2.80 bits per heavy atom. The number of nitrogens with zero attached hydrogens (tertiary/aromatic N) is 1. The van der Waals surface area contributed by atoms with Crippen LogP contribution in [0.4, 0.5) is 5.69 Å². The normalized spacial score (nSPS) is 13.8. The monoisotopic (exact) mass is 384 g/mol. The maximum Gasteiger partial charge on any atom is 0.118 e. The predicted octanol–water partition coefficient (Wildman–Crippen LogP) is 4.82. The lowest BCUT2D eigenvalue weighted by molar-refractivity contribution is 0.211. The van der Waals surface area contributed by atoms with Gasteiger partial charge in [-0.3, -0.25) is 0 Å². The first-order chi connectivity index (χ1) is 12.2. The second kappa shape index (κ2) is 10.6. The molecule has 1 aromatic rings. The lowest BCUT2D eigenvalue weighted by atomic mass is 10.1. The van der Waals surface area contributed by atoms with Gasteiger partial charge >= 0.3 is 0 Å². The van der Waals surface area contributed by atoms with Gasteiger partial charge in [-0.1, -0.05) is 43.0 Å². The van der Waals surface area contributed by atoms with Crippen LogP contribution in [0.5, 0.6) is 0 Å². The fourth-order valence-corrected chi connectivity index (χ4v) is 3.11. The Bertz CT molecular complexity index is 618. The number of allylic oxidation sites excluding steroid dienone is 1. The van der Waals surface area contributed by atoms with E-state index in [-0.39, 0.29) is 6.61 Å². The van der Waals surface area contributed by atoms with Crippen molar-refractivity contribution in [3.63, 3.8) is 0 Å². The van der Waals surface area contributed by atoms with Gasteiger partial charge in [-0.25, -0.2) is 0 Å². The van der Waals surface area contributed by atoms with Gasteiger partial charge in [0.1, 0.15) is 5.76 Å². The summed E-state index contributed by atoms with van der Waals surface area (Å²) in [5.41, 5.74) is 1.66. The predicted molar refractivity (Wildman–Crippen MR) is 105 cm³/mol. The molecular formula is C19H26Cl2N2O2. The highest BCUT2D eigenvalue weighted by atomic mass is 35.5. The molecule has 25 heavy (non-hydrogen) atoms. The highest BCUT2D eigenvalue weighted by Crippen LogP contribution is 2.33. The molecule has 1 aromatic carbocycles. The van der Waals surface area contributed by atoms with Crippen LogP contribution in [0.15, 0.2) is 36.2 Å². The lowest BCUT2D eigenvalue weighted by Crippen LogP contribution is -2.20. The molecule has 0 fully saturated rings. The molecule has 0 unspecified atom stereocenters. The molecule has 4 nitrogen and oxygen atoms in total. The van der Waals surface area contributed by atoms with Gasteiger partial charge in [0.15, 0.2) is 0 Å². The standard InChI is InChI=1S/C19H26Cl2N2O2/c1-2-3-4-13-25-15-7-10-23(11-8-15)14-16-17(20)5-6-18(19(16)21)22-9-12-24/h5-8,10,22,24H,2-4,9,11-14H2,1H3. The third-order valence-corrected chi connectivity index (χ3v) is 4.75. The fraction of sp³-hybridized carbons (Fsp3) is 0.474. The van der Waals surface area contributed by atoms with Crippen molar-refractivity contribution in [1.29, 1.82) is 0 Å². The summed E-state index contributed by atoms with van der Waals surface area (Å²) >= 11 is 12.8. The molecule has 2 rings (SSSR count). The van der Waals surface area contributed by atoms with Crippen LogP contribution in [0, 0.1) is 0 Å². The van der Waals surface area contributed by atoms with Gasteiger partial charge in [-0.15, -0.1) is 0 Å². The van der Waals surface area contributed by atoms with E-state index in [1.807, 2.05) is 24.4 Å². The van der Waals surface area contributed by atoms with E-state index in [1.165, 1.54) is 12.8 Å². The number of aliphatic hydroxyl groups is 1. The highest BCUT2D eigenvalue weighted by molar-refractivity contribution is 6.37. The molecule has 0 saturated carbocycles. The summed E-state index contributed by atoms with van der Waals surface area (Å²) in [5.74, 6) is 0.919. The van der Waals surface area contributed by atoms with Gasteiger partial charge in [0.25, 0.3) is 0 Å². The third-order valence-electron chi connectivity index (χ3n) is 3.97. The second-order valence-corrected chi connectivity index (χ2v) is 6.73. The van der Waals surface area contributed by atoms with Crippen LogP contribution in [0.2, 0.25) is 10.0 Å². The molecule has 0 bridgehead atoms. The van der Waals surface area contributed by atoms with Gasteiger partial charge in [0.2, 0.25) is 0 Å². The molecule has 0 spiro atoms. The van der Waals surface area contributed by atoms with Crippen LogP contribution in [-0.2, 0) is 11.3 Å².